The monoisotopic (exact) mass is 460 g/mol. The van der Waals surface area contributed by atoms with Gasteiger partial charge in [0.05, 0.1) is 5.92 Å². The average Bonchev–Trinajstić information content (AvgIpc) is 3.14. The van der Waals surface area contributed by atoms with Gasteiger partial charge in [-0.1, -0.05) is 60.7 Å². The quantitative estimate of drug-likeness (QED) is 0.566. The highest BCUT2D eigenvalue weighted by Gasteiger charge is 2.46. The van der Waals surface area contributed by atoms with Gasteiger partial charge in [-0.2, -0.15) is 0 Å². The van der Waals surface area contributed by atoms with Crippen molar-refractivity contribution in [3.05, 3.63) is 71.8 Å². The van der Waals surface area contributed by atoms with Gasteiger partial charge in [-0.25, -0.2) is 4.79 Å². The predicted molar refractivity (Wildman–Crippen MR) is 126 cm³/mol. The molecule has 3 N–H and O–H groups in total. The van der Waals surface area contributed by atoms with E-state index in [0.717, 1.165) is 28.7 Å². The molecule has 0 aliphatic heterocycles. The van der Waals surface area contributed by atoms with Gasteiger partial charge in [-0.05, 0) is 54.4 Å². The summed E-state index contributed by atoms with van der Waals surface area (Å²) in [5.74, 6) is -1.71. The number of allylic oxidation sites excluding steroid dienone is 1. The van der Waals surface area contributed by atoms with E-state index in [0.29, 0.717) is 25.7 Å². The van der Waals surface area contributed by atoms with Crippen LogP contribution < -0.4 is 10.6 Å². The van der Waals surface area contributed by atoms with Gasteiger partial charge in [0.2, 0.25) is 5.91 Å². The lowest BCUT2D eigenvalue weighted by molar-refractivity contribution is -0.142. The van der Waals surface area contributed by atoms with Crippen LogP contribution in [0.15, 0.2) is 60.7 Å². The lowest BCUT2D eigenvalue weighted by Gasteiger charge is -2.41. The van der Waals surface area contributed by atoms with Crippen molar-refractivity contribution in [1.82, 2.24) is 10.6 Å². The van der Waals surface area contributed by atoms with Crippen molar-refractivity contribution in [3.8, 4) is 11.1 Å². The van der Waals surface area contributed by atoms with Crippen LogP contribution in [0.3, 0.4) is 0 Å². The summed E-state index contributed by atoms with van der Waals surface area (Å²) in [5.41, 5.74) is 3.56. The van der Waals surface area contributed by atoms with E-state index in [4.69, 9.17) is 4.74 Å². The molecule has 5 rings (SSSR count). The number of ether oxygens (including phenoxy) is 1. The fourth-order valence-corrected chi connectivity index (χ4v) is 5.27. The third-order valence-electron chi connectivity index (χ3n) is 7.32. The maximum Gasteiger partial charge on any atom is 0.408 e. The highest BCUT2D eigenvalue weighted by Crippen LogP contribution is 2.44. The molecule has 2 amide bonds. The summed E-state index contributed by atoms with van der Waals surface area (Å²) in [7, 11) is 0. The third-order valence-corrected chi connectivity index (χ3v) is 7.32. The Hall–Kier alpha value is -3.61. The molecule has 1 fully saturated rings. The Morgan fingerprint density at radius 2 is 1.65 bits per heavy atom. The van der Waals surface area contributed by atoms with Gasteiger partial charge >= 0.3 is 12.1 Å². The van der Waals surface area contributed by atoms with Crippen LogP contribution in [-0.4, -0.2) is 41.3 Å². The molecule has 2 atom stereocenters. The van der Waals surface area contributed by atoms with Gasteiger partial charge in [-0.3, -0.25) is 9.59 Å². The zero-order valence-corrected chi connectivity index (χ0v) is 18.8. The molecule has 1 saturated carbocycles. The van der Waals surface area contributed by atoms with E-state index in [2.05, 4.69) is 34.9 Å². The molecule has 0 aromatic heterocycles. The van der Waals surface area contributed by atoms with E-state index in [9.17, 15) is 19.5 Å². The summed E-state index contributed by atoms with van der Waals surface area (Å²) in [6, 6.07) is 15.9. The maximum absolute atomic E-state index is 13.1. The third kappa shape index (κ3) is 4.06. The number of rotatable bonds is 6. The summed E-state index contributed by atoms with van der Waals surface area (Å²) in [6.07, 6.45) is 5.71. The fourth-order valence-electron chi connectivity index (χ4n) is 5.27. The lowest BCUT2D eigenvalue weighted by Crippen LogP contribution is -2.64. The molecule has 0 bridgehead atoms. The fraction of sp³-hybridized carbons (Fsp3) is 0.370. The number of aliphatic carboxylic acids is 1. The first-order valence-electron chi connectivity index (χ1n) is 11.8. The van der Waals surface area contributed by atoms with E-state index >= 15 is 0 Å². The van der Waals surface area contributed by atoms with Crippen molar-refractivity contribution in [2.24, 2.45) is 5.92 Å². The van der Waals surface area contributed by atoms with E-state index in [-0.39, 0.29) is 24.5 Å². The minimum absolute atomic E-state index is 0.0513. The molecular formula is C27H28N2O5. The van der Waals surface area contributed by atoms with Crippen molar-refractivity contribution in [2.45, 2.75) is 49.6 Å². The number of carboxylic acids is 1. The van der Waals surface area contributed by atoms with E-state index < -0.39 is 23.5 Å². The normalized spacial score (nSPS) is 22.1. The van der Waals surface area contributed by atoms with Gasteiger partial charge in [0.25, 0.3) is 0 Å². The Balaban J connectivity index is 1.22. The van der Waals surface area contributed by atoms with Crippen LogP contribution in [0.2, 0.25) is 0 Å². The van der Waals surface area contributed by atoms with Crippen LogP contribution in [-0.2, 0) is 14.3 Å². The van der Waals surface area contributed by atoms with Gasteiger partial charge < -0.3 is 20.5 Å². The number of carbonyl (C=O) groups is 3. The number of alkyl carbamates (subject to hydrolysis) is 1. The Labute approximate surface area is 198 Å². The SMILES string of the molecule is O=C(NC1(C(=O)NC2C=CCC(C(=O)O)C2)CCC1)OCC1c2ccccc2-c2ccccc21. The highest BCUT2D eigenvalue weighted by molar-refractivity contribution is 5.91. The van der Waals surface area contributed by atoms with Crippen LogP contribution in [0.25, 0.3) is 11.1 Å². The minimum atomic E-state index is -1.01. The Bertz CT molecular complexity index is 1110. The van der Waals surface area contributed by atoms with Gasteiger partial charge in [0.1, 0.15) is 12.1 Å². The first kappa shape index (κ1) is 22.2. The second-order valence-corrected chi connectivity index (χ2v) is 9.40. The largest absolute Gasteiger partial charge is 0.481 e. The predicted octanol–water partition coefficient (Wildman–Crippen LogP) is 3.98. The molecule has 2 unspecified atom stereocenters. The van der Waals surface area contributed by atoms with Gasteiger partial charge in [0.15, 0.2) is 0 Å². The van der Waals surface area contributed by atoms with E-state index in [1.165, 1.54) is 0 Å². The molecule has 0 spiro atoms. The molecule has 0 radical (unpaired) electrons. The molecule has 0 heterocycles. The number of fused-ring (bicyclic) bond motifs is 3. The Morgan fingerprint density at radius 1 is 1.00 bits per heavy atom. The second kappa shape index (κ2) is 8.97. The topological polar surface area (TPSA) is 105 Å². The molecular weight excluding hydrogens is 432 g/mol. The first-order valence-corrected chi connectivity index (χ1v) is 11.8. The second-order valence-electron chi connectivity index (χ2n) is 9.40. The summed E-state index contributed by atoms with van der Waals surface area (Å²) in [4.78, 5) is 37.1. The summed E-state index contributed by atoms with van der Waals surface area (Å²) < 4.78 is 5.64. The number of carboxylic acid groups (broad SMARTS) is 1. The van der Waals surface area contributed by atoms with Crippen LogP contribution in [0.1, 0.15) is 49.1 Å². The van der Waals surface area contributed by atoms with Crippen LogP contribution in [0.4, 0.5) is 4.79 Å². The molecule has 176 valence electrons. The van der Waals surface area contributed by atoms with Crippen LogP contribution in [0.5, 0.6) is 0 Å². The zero-order chi connectivity index (χ0) is 23.7. The first-order chi connectivity index (χ1) is 16.5. The highest BCUT2D eigenvalue weighted by atomic mass is 16.5. The van der Waals surface area contributed by atoms with Gasteiger partial charge in [0, 0.05) is 12.0 Å². The molecule has 3 aliphatic rings. The average molecular weight is 461 g/mol. The molecule has 7 heteroatoms. The number of nitrogens with one attached hydrogen (secondary N) is 2. The van der Waals surface area contributed by atoms with Gasteiger partial charge in [-0.15, -0.1) is 0 Å². The molecule has 34 heavy (non-hydrogen) atoms. The number of benzene rings is 2. The van der Waals surface area contributed by atoms with Crippen LogP contribution >= 0.6 is 0 Å². The Kier molecular flexibility index (Phi) is 5.86. The summed E-state index contributed by atoms with van der Waals surface area (Å²) in [6.45, 7) is 0.184. The smallest absolute Gasteiger partial charge is 0.408 e. The maximum atomic E-state index is 13.1. The van der Waals surface area contributed by atoms with Crippen molar-refractivity contribution < 1.29 is 24.2 Å². The summed E-state index contributed by atoms with van der Waals surface area (Å²) in [5, 5.41) is 15.0. The van der Waals surface area contributed by atoms with E-state index in [1.54, 1.807) is 6.08 Å². The van der Waals surface area contributed by atoms with Crippen molar-refractivity contribution in [2.75, 3.05) is 6.61 Å². The minimum Gasteiger partial charge on any atom is -0.481 e. The molecule has 2 aromatic rings. The lowest BCUT2D eigenvalue weighted by atomic mass is 9.75. The van der Waals surface area contributed by atoms with Crippen molar-refractivity contribution in [1.29, 1.82) is 0 Å². The molecule has 2 aromatic carbocycles. The zero-order valence-electron chi connectivity index (χ0n) is 18.8. The number of hydrogen-bond donors (Lipinski definition) is 3. The number of hydrogen-bond acceptors (Lipinski definition) is 4. The van der Waals surface area contributed by atoms with E-state index in [1.807, 2.05) is 30.3 Å². The summed E-state index contributed by atoms with van der Waals surface area (Å²) >= 11 is 0. The Morgan fingerprint density at radius 3 is 2.24 bits per heavy atom. The molecule has 3 aliphatic carbocycles. The standard InChI is InChI=1S/C27H28N2O5/c30-24(31)17-7-5-8-18(15-17)28-25(32)27(13-6-14-27)29-26(33)34-16-23-21-11-3-1-9-19(21)20-10-2-4-12-22(20)23/h1-5,8-12,17-18,23H,6-7,13-16H2,(H,28,32)(H,29,33)(H,30,31). The molecule has 7 nitrogen and oxygen atoms in total. The number of amides is 2. The van der Waals surface area contributed by atoms with Crippen LogP contribution in [0, 0.1) is 5.92 Å². The molecule has 0 saturated heterocycles. The van der Waals surface area contributed by atoms with Crippen molar-refractivity contribution in [3.63, 3.8) is 0 Å². The van der Waals surface area contributed by atoms with Crippen molar-refractivity contribution >= 4 is 18.0 Å². The number of carbonyl (C=O) groups excluding carboxylic acids is 2.